The lowest BCUT2D eigenvalue weighted by Gasteiger charge is -2.04. The first kappa shape index (κ1) is 12.4. The summed E-state index contributed by atoms with van der Waals surface area (Å²) in [5, 5.41) is 4.33. The van der Waals surface area contributed by atoms with Crippen molar-refractivity contribution in [3.05, 3.63) is 47.3 Å². The average molecular weight is 243 g/mol. The molecule has 0 spiro atoms. The number of rotatable bonds is 4. The van der Waals surface area contributed by atoms with Crippen molar-refractivity contribution >= 4 is 11.5 Å². The quantitative estimate of drug-likeness (QED) is 0.661. The van der Waals surface area contributed by atoms with Crippen LogP contribution in [0, 0.1) is 6.92 Å². The van der Waals surface area contributed by atoms with Crippen LogP contribution in [-0.2, 0) is 13.0 Å². The summed E-state index contributed by atoms with van der Waals surface area (Å²) in [6.45, 7) is 4.72. The Bertz CT molecular complexity index is 572. The van der Waals surface area contributed by atoms with Gasteiger partial charge < -0.3 is 5.73 Å². The highest BCUT2D eigenvalue weighted by molar-refractivity contribution is 5.98. The summed E-state index contributed by atoms with van der Waals surface area (Å²) < 4.78 is 1.86. The van der Waals surface area contributed by atoms with E-state index < -0.39 is 0 Å². The van der Waals surface area contributed by atoms with Gasteiger partial charge in [-0.15, -0.1) is 0 Å². The van der Waals surface area contributed by atoms with Gasteiger partial charge >= 0.3 is 0 Å². The minimum atomic E-state index is 0.0666. The van der Waals surface area contributed by atoms with Crippen LogP contribution in [0.15, 0.2) is 30.3 Å². The number of nitrogens with zero attached hydrogens (tertiary/aromatic N) is 2. The third-order valence-corrected chi connectivity index (χ3v) is 2.84. The number of carbonyl (C=O) groups is 1. The maximum atomic E-state index is 12.1. The molecule has 2 N–H and O–H groups in total. The first-order valence-electron chi connectivity index (χ1n) is 6.02. The van der Waals surface area contributed by atoms with Crippen molar-refractivity contribution in [2.45, 2.75) is 26.8 Å². The Balaban J connectivity index is 2.21. The summed E-state index contributed by atoms with van der Waals surface area (Å²) in [6.07, 6.45) is 0.359. The van der Waals surface area contributed by atoms with E-state index in [4.69, 9.17) is 5.73 Å². The number of anilines is 1. The Morgan fingerprint density at radius 2 is 2.17 bits per heavy atom. The van der Waals surface area contributed by atoms with Gasteiger partial charge in [0, 0.05) is 23.5 Å². The summed E-state index contributed by atoms with van der Waals surface area (Å²) >= 11 is 0. The van der Waals surface area contributed by atoms with Crippen molar-refractivity contribution in [2.24, 2.45) is 0 Å². The molecule has 0 bridgehead atoms. The fourth-order valence-corrected chi connectivity index (χ4v) is 1.99. The van der Waals surface area contributed by atoms with Gasteiger partial charge in [-0.1, -0.05) is 12.1 Å². The van der Waals surface area contributed by atoms with E-state index in [1.165, 1.54) is 0 Å². The molecule has 0 fully saturated rings. The summed E-state index contributed by atoms with van der Waals surface area (Å²) in [5.74, 6) is 0.0666. The van der Waals surface area contributed by atoms with E-state index in [0.717, 1.165) is 17.9 Å². The summed E-state index contributed by atoms with van der Waals surface area (Å²) in [4.78, 5) is 12.1. The predicted molar refractivity (Wildman–Crippen MR) is 71.5 cm³/mol. The molecular formula is C14H17N3O. The monoisotopic (exact) mass is 243 g/mol. The Morgan fingerprint density at radius 3 is 2.83 bits per heavy atom. The summed E-state index contributed by atoms with van der Waals surface area (Å²) in [5.41, 5.74) is 8.83. The van der Waals surface area contributed by atoms with Crippen LogP contribution in [0.4, 0.5) is 5.69 Å². The molecule has 0 aliphatic rings. The van der Waals surface area contributed by atoms with E-state index in [1.54, 1.807) is 24.3 Å². The first-order chi connectivity index (χ1) is 8.60. The van der Waals surface area contributed by atoms with Crippen LogP contribution in [0.5, 0.6) is 0 Å². The molecule has 0 unspecified atom stereocenters. The lowest BCUT2D eigenvalue weighted by molar-refractivity contribution is 0.0990. The lowest BCUT2D eigenvalue weighted by Crippen LogP contribution is -2.09. The lowest BCUT2D eigenvalue weighted by atomic mass is 10.1. The molecule has 0 saturated heterocycles. The van der Waals surface area contributed by atoms with Gasteiger partial charge in [0.15, 0.2) is 5.78 Å². The fraction of sp³-hybridized carbons (Fsp3) is 0.286. The van der Waals surface area contributed by atoms with Gasteiger partial charge in [0.2, 0.25) is 0 Å². The predicted octanol–water partition coefficient (Wildman–Crippen LogP) is 2.22. The number of nitrogens with two attached hydrogens (primary N) is 1. The number of carbonyl (C=O) groups excluding carboxylic acids is 1. The van der Waals surface area contributed by atoms with Gasteiger partial charge in [-0.3, -0.25) is 9.48 Å². The van der Waals surface area contributed by atoms with Crippen LogP contribution in [0.1, 0.15) is 28.7 Å². The highest BCUT2D eigenvalue weighted by atomic mass is 16.1. The molecule has 0 aliphatic carbocycles. The summed E-state index contributed by atoms with van der Waals surface area (Å²) in [7, 11) is 0. The minimum absolute atomic E-state index is 0.0666. The zero-order valence-corrected chi connectivity index (χ0v) is 10.7. The molecule has 0 amide bonds. The molecule has 94 valence electrons. The second kappa shape index (κ2) is 5.04. The standard InChI is InChI=1S/C14H17N3O/c1-3-17-13(7-10(2)16-17)9-14(18)11-5-4-6-12(15)8-11/h4-8H,3,9,15H2,1-2H3. The molecule has 1 aromatic heterocycles. The van der Waals surface area contributed by atoms with Crippen molar-refractivity contribution in [3.8, 4) is 0 Å². The normalized spacial score (nSPS) is 10.6. The Morgan fingerprint density at radius 1 is 1.39 bits per heavy atom. The van der Waals surface area contributed by atoms with E-state index in [-0.39, 0.29) is 5.78 Å². The van der Waals surface area contributed by atoms with Crippen molar-refractivity contribution in [1.82, 2.24) is 9.78 Å². The van der Waals surface area contributed by atoms with Crippen molar-refractivity contribution < 1.29 is 4.79 Å². The Kier molecular flexibility index (Phi) is 3.46. The molecule has 0 aliphatic heterocycles. The second-order valence-corrected chi connectivity index (χ2v) is 4.32. The number of nitrogen functional groups attached to an aromatic ring is 1. The second-order valence-electron chi connectivity index (χ2n) is 4.32. The molecule has 4 heteroatoms. The number of hydrogen-bond acceptors (Lipinski definition) is 3. The third kappa shape index (κ3) is 2.59. The highest BCUT2D eigenvalue weighted by Gasteiger charge is 2.11. The molecule has 0 radical (unpaired) electrons. The average Bonchev–Trinajstić information content (AvgIpc) is 2.69. The molecule has 2 rings (SSSR count). The van der Waals surface area contributed by atoms with Gasteiger partial charge in [0.1, 0.15) is 0 Å². The summed E-state index contributed by atoms with van der Waals surface area (Å²) in [6, 6.07) is 9.02. The number of aromatic nitrogens is 2. The number of Topliss-reactive ketones (excluding diaryl/α,β-unsaturated/α-hetero) is 1. The topological polar surface area (TPSA) is 60.9 Å². The van der Waals surface area contributed by atoms with Gasteiger partial charge in [-0.25, -0.2) is 0 Å². The van der Waals surface area contributed by atoms with E-state index in [1.807, 2.05) is 24.6 Å². The first-order valence-corrected chi connectivity index (χ1v) is 6.02. The molecule has 1 aromatic carbocycles. The molecule has 2 aromatic rings. The molecular weight excluding hydrogens is 226 g/mol. The van der Waals surface area contributed by atoms with Gasteiger partial charge in [0.25, 0.3) is 0 Å². The largest absolute Gasteiger partial charge is 0.399 e. The minimum Gasteiger partial charge on any atom is -0.399 e. The zero-order chi connectivity index (χ0) is 13.1. The number of benzene rings is 1. The number of hydrogen-bond donors (Lipinski definition) is 1. The molecule has 0 atom stereocenters. The third-order valence-electron chi connectivity index (χ3n) is 2.84. The molecule has 0 saturated carbocycles. The van der Waals surface area contributed by atoms with E-state index in [0.29, 0.717) is 17.7 Å². The van der Waals surface area contributed by atoms with E-state index in [9.17, 15) is 4.79 Å². The van der Waals surface area contributed by atoms with Crippen LogP contribution in [0.25, 0.3) is 0 Å². The van der Waals surface area contributed by atoms with E-state index >= 15 is 0 Å². The SMILES string of the molecule is CCn1nc(C)cc1CC(=O)c1cccc(N)c1. The Labute approximate surface area is 106 Å². The molecule has 4 nitrogen and oxygen atoms in total. The maximum Gasteiger partial charge on any atom is 0.168 e. The number of aryl methyl sites for hydroxylation is 2. The smallest absolute Gasteiger partial charge is 0.168 e. The number of ketones is 1. The Hall–Kier alpha value is -2.10. The van der Waals surface area contributed by atoms with E-state index in [2.05, 4.69) is 5.10 Å². The van der Waals surface area contributed by atoms with Crippen LogP contribution < -0.4 is 5.73 Å². The van der Waals surface area contributed by atoms with Crippen molar-refractivity contribution in [2.75, 3.05) is 5.73 Å². The zero-order valence-electron chi connectivity index (χ0n) is 10.7. The van der Waals surface area contributed by atoms with Crippen LogP contribution in [0.2, 0.25) is 0 Å². The van der Waals surface area contributed by atoms with Crippen LogP contribution in [0.3, 0.4) is 0 Å². The van der Waals surface area contributed by atoms with Crippen LogP contribution >= 0.6 is 0 Å². The fourth-order valence-electron chi connectivity index (χ4n) is 1.99. The highest BCUT2D eigenvalue weighted by Crippen LogP contribution is 2.12. The van der Waals surface area contributed by atoms with Crippen molar-refractivity contribution in [1.29, 1.82) is 0 Å². The van der Waals surface area contributed by atoms with Gasteiger partial charge in [-0.05, 0) is 32.0 Å². The molecule has 18 heavy (non-hydrogen) atoms. The van der Waals surface area contributed by atoms with Gasteiger partial charge in [-0.2, -0.15) is 5.10 Å². The molecule has 1 heterocycles. The maximum absolute atomic E-state index is 12.1. The van der Waals surface area contributed by atoms with Gasteiger partial charge in [0.05, 0.1) is 12.1 Å². The van der Waals surface area contributed by atoms with Crippen molar-refractivity contribution in [3.63, 3.8) is 0 Å². The van der Waals surface area contributed by atoms with Crippen LogP contribution in [-0.4, -0.2) is 15.6 Å².